The summed E-state index contributed by atoms with van der Waals surface area (Å²) in [5, 5.41) is 2.77. The van der Waals surface area contributed by atoms with E-state index < -0.39 is 0 Å². The number of ether oxygens (including phenoxy) is 2. The third kappa shape index (κ3) is 5.98. The second-order valence-electron chi connectivity index (χ2n) is 6.94. The summed E-state index contributed by atoms with van der Waals surface area (Å²) in [6.07, 6.45) is 2.59. The van der Waals surface area contributed by atoms with Gasteiger partial charge in [0, 0.05) is 18.8 Å². The Morgan fingerprint density at radius 2 is 1.73 bits per heavy atom. The predicted molar refractivity (Wildman–Crippen MR) is 116 cm³/mol. The Kier molecular flexibility index (Phi) is 7.27. The van der Waals surface area contributed by atoms with E-state index in [2.05, 4.69) is 12.2 Å². The predicted octanol–water partition coefficient (Wildman–Crippen LogP) is 3.22. The van der Waals surface area contributed by atoms with E-state index in [4.69, 9.17) is 9.47 Å². The summed E-state index contributed by atoms with van der Waals surface area (Å²) < 4.78 is 12.9. The van der Waals surface area contributed by atoms with E-state index in [0.29, 0.717) is 18.1 Å². The molecule has 2 aromatic carbocycles. The fourth-order valence-corrected chi connectivity index (χ4v) is 2.88. The third-order valence-corrected chi connectivity index (χ3v) is 4.71. The minimum absolute atomic E-state index is 0.0856. The van der Waals surface area contributed by atoms with Crippen molar-refractivity contribution in [3.63, 3.8) is 0 Å². The maximum absolute atomic E-state index is 12.3. The summed E-state index contributed by atoms with van der Waals surface area (Å²) in [5.41, 5.74) is 2.65. The zero-order chi connectivity index (χ0) is 21.3. The van der Waals surface area contributed by atoms with Crippen LogP contribution in [-0.2, 0) is 31.4 Å². The molecule has 0 aliphatic heterocycles. The van der Waals surface area contributed by atoms with Crippen LogP contribution < -0.4 is 20.2 Å². The number of amides is 1. The Labute approximate surface area is 176 Å². The monoisotopic (exact) mass is 406 g/mol. The number of hydrogen-bond acceptors (Lipinski definition) is 4. The number of nitrogens with one attached hydrogen (secondary N) is 1. The molecule has 3 rings (SSSR count). The molecule has 0 unspecified atom stereocenters. The largest absolute Gasteiger partial charge is 0.484 e. The molecule has 0 atom stereocenters. The molecule has 6 nitrogen and oxygen atoms in total. The normalized spacial score (nSPS) is 10.5. The first-order valence-corrected chi connectivity index (χ1v) is 9.90. The van der Waals surface area contributed by atoms with Gasteiger partial charge in [-0.25, -0.2) is 0 Å². The molecule has 6 heteroatoms. The van der Waals surface area contributed by atoms with Crippen LogP contribution >= 0.6 is 0 Å². The number of nitrogens with zero attached hydrogens (tertiary/aromatic N) is 1. The molecule has 156 valence electrons. The number of pyridine rings is 1. The fourth-order valence-electron chi connectivity index (χ4n) is 2.88. The standard InChI is InChI=1S/C24H26N2O4/c1-3-18-9-11-21(12-10-18)29-17-24(28)25-14-20-13-22(27)23(15-26(20)2)30-16-19-7-5-4-6-8-19/h4-13,15H,3,14,16-17H2,1-2H3,(H,25,28). The Bertz CT molecular complexity index is 1030. The first-order valence-electron chi connectivity index (χ1n) is 9.90. The lowest BCUT2D eigenvalue weighted by Crippen LogP contribution is -2.30. The molecule has 1 aromatic heterocycles. The van der Waals surface area contributed by atoms with Crippen LogP contribution in [0.5, 0.6) is 11.5 Å². The lowest BCUT2D eigenvalue weighted by Gasteiger charge is -2.13. The molecule has 0 fully saturated rings. The molecule has 1 N–H and O–H groups in total. The number of carbonyl (C=O) groups is 1. The van der Waals surface area contributed by atoms with Crippen LogP contribution in [0.2, 0.25) is 0 Å². The van der Waals surface area contributed by atoms with Crippen LogP contribution in [0.15, 0.2) is 71.7 Å². The summed E-state index contributed by atoms with van der Waals surface area (Å²) in [6.45, 7) is 2.54. The van der Waals surface area contributed by atoms with Gasteiger partial charge in [-0.15, -0.1) is 0 Å². The van der Waals surface area contributed by atoms with Gasteiger partial charge in [0.2, 0.25) is 5.43 Å². The minimum Gasteiger partial charge on any atom is -0.484 e. The van der Waals surface area contributed by atoms with Crippen molar-refractivity contribution in [2.75, 3.05) is 6.61 Å². The average Bonchev–Trinajstić information content (AvgIpc) is 2.78. The molecule has 1 heterocycles. The van der Waals surface area contributed by atoms with E-state index in [1.807, 2.05) is 61.6 Å². The lowest BCUT2D eigenvalue weighted by molar-refractivity contribution is -0.123. The van der Waals surface area contributed by atoms with Crippen molar-refractivity contribution >= 4 is 5.91 Å². The summed E-state index contributed by atoms with van der Waals surface area (Å²) in [7, 11) is 1.81. The van der Waals surface area contributed by atoms with E-state index >= 15 is 0 Å². The van der Waals surface area contributed by atoms with Crippen LogP contribution in [0.4, 0.5) is 0 Å². The molecule has 0 saturated carbocycles. The van der Waals surface area contributed by atoms with E-state index in [1.165, 1.54) is 11.6 Å². The van der Waals surface area contributed by atoms with Gasteiger partial charge in [0.1, 0.15) is 12.4 Å². The quantitative estimate of drug-likeness (QED) is 0.592. The van der Waals surface area contributed by atoms with Crippen LogP contribution in [0, 0.1) is 0 Å². The molecule has 3 aromatic rings. The third-order valence-electron chi connectivity index (χ3n) is 4.71. The van der Waals surface area contributed by atoms with Crippen molar-refractivity contribution in [1.82, 2.24) is 9.88 Å². The number of hydrogen-bond donors (Lipinski definition) is 1. The van der Waals surface area contributed by atoms with Gasteiger partial charge in [0.15, 0.2) is 12.4 Å². The number of rotatable bonds is 9. The molecule has 0 radical (unpaired) electrons. The maximum atomic E-state index is 12.3. The Morgan fingerprint density at radius 1 is 1.00 bits per heavy atom. The highest BCUT2D eigenvalue weighted by Crippen LogP contribution is 2.12. The fraction of sp³-hybridized carbons (Fsp3) is 0.250. The molecule has 1 amide bonds. The maximum Gasteiger partial charge on any atom is 0.258 e. The van der Waals surface area contributed by atoms with E-state index in [0.717, 1.165) is 12.0 Å². The van der Waals surface area contributed by atoms with Crippen LogP contribution in [0.25, 0.3) is 0 Å². The molecule has 0 aliphatic rings. The van der Waals surface area contributed by atoms with E-state index in [9.17, 15) is 9.59 Å². The van der Waals surface area contributed by atoms with Crippen molar-refractivity contribution < 1.29 is 14.3 Å². The lowest BCUT2D eigenvalue weighted by atomic mass is 10.2. The van der Waals surface area contributed by atoms with Gasteiger partial charge in [-0.2, -0.15) is 0 Å². The van der Waals surface area contributed by atoms with Gasteiger partial charge in [0.05, 0.1) is 12.7 Å². The second kappa shape index (κ2) is 10.3. The number of aryl methyl sites for hydroxylation is 2. The summed E-state index contributed by atoms with van der Waals surface area (Å²) in [4.78, 5) is 24.4. The molecule has 0 spiro atoms. The SMILES string of the molecule is CCc1ccc(OCC(=O)NCc2cc(=O)c(OCc3ccccc3)cn2C)cc1. The van der Waals surface area contributed by atoms with Gasteiger partial charge >= 0.3 is 0 Å². The number of aromatic nitrogens is 1. The van der Waals surface area contributed by atoms with Gasteiger partial charge in [-0.3, -0.25) is 9.59 Å². The van der Waals surface area contributed by atoms with Crippen LogP contribution in [0.3, 0.4) is 0 Å². The Hall–Kier alpha value is -3.54. The van der Waals surface area contributed by atoms with Gasteiger partial charge in [-0.05, 0) is 29.7 Å². The highest BCUT2D eigenvalue weighted by atomic mass is 16.5. The molecule has 0 saturated heterocycles. The molecule has 0 aliphatic carbocycles. The second-order valence-corrected chi connectivity index (χ2v) is 6.94. The summed E-state index contributed by atoms with van der Waals surface area (Å²) in [6, 6.07) is 18.8. The minimum atomic E-state index is -0.258. The average molecular weight is 406 g/mol. The van der Waals surface area contributed by atoms with Gasteiger partial charge < -0.3 is 19.4 Å². The van der Waals surface area contributed by atoms with Crippen LogP contribution in [-0.4, -0.2) is 17.1 Å². The van der Waals surface area contributed by atoms with Crippen LogP contribution in [0.1, 0.15) is 23.7 Å². The molecular formula is C24H26N2O4. The first-order chi connectivity index (χ1) is 14.5. The summed E-state index contributed by atoms with van der Waals surface area (Å²) >= 11 is 0. The van der Waals surface area contributed by atoms with Crippen molar-refractivity contribution in [3.05, 3.63) is 93.9 Å². The summed E-state index contributed by atoms with van der Waals surface area (Å²) in [5.74, 6) is 0.663. The highest BCUT2D eigenvalue weighted by Gasteiger charge is 2.09. The zero-order valence-corrected chi connectivity index (χ0v) is 17.3. The van der Waals surface area contributed by atoms with Crippen molar-refractivity contribution in [2.24, 2.45) is 7.05 Å². The topological polar surface area (TPSA) is 69.6 Å². The molecular weight excluding hydrogens is 380 g/mol. The zero-order valence-electron chi connectivity index (χ0n) is 17.3. The van der Waals surface area contributed by atoms with Crippen molar-refractivity contribution in [1.29, 1.82) is 0 Å². The Morgan fingerprint density at radius 3 is 2.43 bits per heavy atom. The van der Waals surface area contributed by atoms with Gasteiger partial charge in [0.25, 0.3) is 5.91 Å². The first kappa shape index (κ1) is 21.2. The molecule has 0 bridgehead atoms. The highest BCUT2D eigenvalue weighted by molar-refractivity contribution is 5.77. The molecule has 30 heavy (non-hydrogen) atoms. The number of carbonyl (C=O) groups excluding carboxylic acids is 1. The van der Waals surface area contributed by atoms with E-state index in [-0.39, 0.29) is 30.2 Å². The van der Waals surface area contributed by atoms with E-state index in [1.54, 1.807) is 10.8 Å². The number of benzene rings is 2. The van der Waals surface area contributed by atoms with Gasteiger partial charge in [-0.1, -0.05) is 49.4 Å². The smallest absolute Gasteiger partial charge is 0.258 e. The van der Waals surface area contributed by atoms with Crippen molar-refractivity contribution in [3.8, 4) is 11.5 Å². The van der Waals surface area contributed by atoms with Crippen molar-refractivity contribution in [2.45, 2.75) is 26.5 Å². The Balaban J connectivity index is 1.51.